The Bertz CT molecular complexity index is 1440. The third-order valence-corrected chi connectivity index (χ3v) is 7.55. The Morgan fingerprint density at radius 1 is 1.03 bits per heavy atom. The second-order valence-corrected chi connectivity index (χ2v) is 10.00. The maximum absolute atomic E-state index is 13.0. The number of rotatable bonds is 9. The molecule has 0 aliphatic carbocycles. The van der Waals surface area contributed by atoms with Gasteiger partial charge in [-0.3, -0.25) is 9.59 Å². The lowest BCUT2D eigenvalue weighted by molar-refractivity contribution is -0.115. The summed E-state index contributed by atoms with van der Waals surface area (Å²) in [5.41, 5.74) is 1.28. The summed E-state index contributed by atoms with van der Waals surface area (Å²) in [7, 11) is 1.60. The zero-order valence-corrected chi connectivity index (χ0v) is 21.1. The molecule has 0 saturated carbocycles. The number of carbonyl (C=O) groups is 3. The number of methoxy groups -OCH3 is 1. The predicted molar refractivity (Wildman–Crippen MR) is 143 cm³/mol. The van der Waals surface area contributed by atoms with Gasteiger partial charge in [0.25, 0.3) is 5.91 Å². The van der Waals surface area contributed by atoms with Crippen molar-refractivity contribution in [2.45, 2.75) is 23.5 Å². The summed E-state index contributed by atoms with van der Waals surface area (Å²) in [6.07, 6.45) is 0.581. The number of fused-ring (bicyclic) bond motifs is 1. The van der Waals surface area contributed by atoms with Crippen molar-refractivity contribution in [3.63, 3.8) is 0 Å². The van der Waals surface area contributed by atoms with Crippen LogP contribution in [0, 0.1) is 0 Å². The van der Waals surface area contributed by atoms with Crippen molar-refractivity contribution in [1.29, 1.82) is 0 Å². The number of aromatic carboxylic acids is 1. The molecule has 0 bridgehead atoms. The van der Waals surface area contributed by atoms with Gasteiger partial charge >= 0.3 is 5.97 Å². The Morgan fingerprint density at radius 2 is 1.81 bits per heavy atom. The largest absolute Gasteiger partial charge is 0.497 e. The van der Waals surface area contributed by atoms with Crippen molar-refractivity contribution in [3.8, 4) is 5.75 Å². The first-order valence-corrected chi connectivity index (χ1v) is 12.7. The third-order valence-electron chi connectivity index (χ3n) is 5.26. The third kappa shape index (κ3) is 5.84. The van der Waals surface area contributed by atoms with Crippen LogP contribution in [0.1, 0.15) is 34.1 Å². The Morgan fingerprint density at radius 3 is 2.53 bits per heavy atom. The van der Waals surface area contributed by atoms with Gasteiger partial charge in [-0.2, -0.15) is 0 Å². The van der Waals surface area contributed by atoms with Crippen molar-refractivity contribution in [2.75, 3.05) is 17.7 Å². The highest BCUT2D eigenvalue weighted by atomic mass is 32.2. The monoisotopic (exact) mass is 521 g/mol. The van der Waals surface area contributed by atoms with Crippen LogP contribution < -0.4 is 15.4 Å². The van der Waals surface area contributed by atoms with E-state index >= 15 is 0 Å². The number of thioether (sulfide) groups is 1. The molecule has 2 amide bonds. The summed E-state index contributed by atoms with van der Waals surface area (Å²) in [6, 6.07) is 18.7. The molecule has 3 aromatic carbocycles. The number of carbonyl (C=O) groups excluding carboxylic acids is 2. The summed E-state index contributed by atoms with van der Waals surface area (Å²) in [6.45, 7) is 1.93. The highest BCUT2D eigenvalue weighted by Crippen LogP contribution is 2.32. The van der Waals surface area contributed by atoms with Crippen LogP contribution in [0.2, 0.25) is 0 Å². The van der Waals surface area contributed by atoms with E-state index in [2.05, 4.69) is 15.6 Å². The Kier molecular flexibility index (Phi) is 7.87. The van der Waals surface area contributed by atoms with Gasteiger partial charge in [-0.05, 0) is 55.0 Å². The van der Waals surface area contributed by atoms with Gasteiger partial charge in [0.1, 0.15) is 5.75 Å². The van der Waals surface area contributed by atoms with Crippen LogP contribution in [0.3, 0.4) is 0 Å². The second-order valence-electron chi connectivity index (χ2n) is 7.69. The van der Waals surface area contributed by atoms with Crippen LogP contribution in [0.15, 0.2) is 71.6 Å². The molecule has 1 atom stereocenters. The summed E-state index contributed by atoms with van der Waals surface area (Å²) < 4.78 is 6.16. The Labute approximate surface area is 215 Å². The summed E-state index contributed by atoms with van der Waals surface area (Å²) in [4.78, 5) is 42.4. The van der Waals surface area contributed by atoms with Crippen molar-refractivity contribution in [3.05, 3.63) is 77.9 Å². The Hall–Kier alpha value is -3.89. The number of amides is 2. The molecule has 8 nitrogen and oxygen atoms in total. The van der Waals surface area contributed by atoms with Crippen LogP contribution in [0.25, 0.3) is 10.2 Å². The molecule has 10 heteroatoms. The molecule has 1 heterocycles. The lowest BCUT2D eigenvalue weighted by Crippen LogP contribution is -2.24. The minimum absolute atomic E-state index is 0.0716. The van der Waals surface area contributed by atoms with E-state index in [1.807, 2.05) is 31.2 Å². The number of thiazole rings is 1. The smallest absolute Gasteiger partial charge is 0.336 e. The van der Waals surface area contributed by atoms with E-state index in [0.717, 1.165) is 20.9 Å². The van der Waals surface area contributed by atoms with Crippen LogP contribution >= 0.6 is 23.1 Å². The quantitative estimate of drug-likeness (QED) is 0.240. The number of carboxylic acids is 1. The molecule has 4 rings (SSSR count). The van der Waals surface area contributed by atoms with Gasteiger partial charge in [0.15, 0.2) is 5.13 Å². The minimum atomic E-state index is -1.17. The average molecular weight is 522 g/mol. The van der Waals surface area contributed by atoms with E-state index in [9.17, 15) is 19.5 Å². The molecule has 0 saturated heterocycles. The fraction of sp³-hybridized carbons (Fsp3) is 0.154. The number of benzene rings is 3. The fourth-order valence-electron chi connectivity index (χ4n) is 3.47. The van der Waals surface area contributed by atoms with Crippen molar-refractivity contribution in [1.82, 2.24) is 4.98 Å². The molecule has 0 radical (unpaired) electrons. The average Bonchev–Trinajstić information content (AvgIpc) is 3.28. The molecule has 184 valence electrons. The minimum Gasteiger partial charge on any atom is -0.497 e. The number of ether oxygens (including phenoxy) is 1. The molecule has 3 N–H and O–H groups in total. The summed E-state index contributed by atoms with van der Waals surface area (Å²) in [5, 5.41) is 15.1. The van der Waals surface area contributed by atoms with Gasteiger partial charge in [0.05, 0.1) is 33.7 Å². The number of hydrogen-bond acceptors (Lipinski definition) is 7. The number of nitrogens with zero attached hydrogens (tertiary/aromatic N) is 1. The van der Waals surface area contributed by atoms with Crippen molar-refractivity contribution in [2.24, 2.45) is 0 Å². The second kappa shape index (κ2) is 11.2. The lowest BCUT2D eigenvalue weighted by atomic mass is 10.1. The number of hydrogen-bond donors (Lipinski definition) is 3. The number of carboxylic acid groups (broad SMARTS) is 1. The first-order valence-electron chi connectivity index (χ1n) is 11.0. The van der Waals surface area contributed by atoms with Gasteiger partial charge in [0, 0.05) is 10.6 Å². The van der Waals surface area contributed by atoms with Crippen LogP contribution in [-0.4, -0.2) is 40.2 Å². The van der Waals surface area contributed by atoms with Gasteiger partial charge in [-0.15, -0.1) is 11.8 Å². The molecule has 0 spiro atoms. The highest BCUT2D eigenvalue weighted by molar-refractivity contribution is 8.00. The van der Waals surface area contributed by atoms with E-state index in [-0.39, 0.29) is 22.3 Å². The lowest BCUT2D eigenvalue weighted by Gasteiger charge is -2.14. The van der Waals surface area contributed by atoms with Gasteiger partial charge in [-0.1, -0.05) is 36.5 Å². The standard InChI is InChI=1S/C26H23N3O5S2/c1-3-21(24(31)29-26-28-20-12-11-16(34-2)14-22(20)36-26)35-17-8-6-7-15(13-17)27-23(30)18-9-4-5-10-19(18)25(32)33/h4-14,21H,3H2,1-2H3,(H,27,30)(H,32,33)(H,28,29,31). The van der Waals surface area contributed by atoms with Crippen molar-refractivity contribution < 1.29 is 24.2 Å². The predicted octanol–water partition coefficient (Wildman–Crippen LogP) is 5.76. The van der Waals surface area contributed by atoms with E-state index in [1.165, 1.54) is 35.2 Å². The maximum Gasteiger partial charge on any atom is 0.336 e. The van der Waals surface area contributed by atoms with E-state index in [1.54, 1.807) is 37.4 Å². The summed E-state index contributed by atoms with van der Waals surface area (Å²) >= 11 is 2.75. The van der Waals surface area contributed by atoms with Gasteiger partial charge in [-0.25, -0.2) is 9.78 Å². The first-order chi connectivity index (χ1) is 17.4. The molecule has 36 heavy (non-hydrogen) atoms. The molecular weight excluding hydrogens is 498 g/mol. The highest BCUT2D eigenvalue weighted by Gasteiger charge is 2.20. The SMILES string of the molecule is CCC(Sc1cccc(NC(=O)c2ccccc2C(=O)O)c1)C(=O)Nc1nc2ccc(OC)cc2s1. The molecule has 4 aromatic rings. The zero-order chi connectivity index (χ0) is 25.7. The first kappa shape index (κ1) is 25.2. The number of aromatic nitrogens is 1. The van der Waals surface area contributed by atoms with E-state index in [0.29, 0.717) is 17.2 Å². The Balaban J connectivity index is 1.44. The molecular formula is C26H23N3O5S2. The topological polar surface area (TPSA) is 118 Å². The molecule has 1 unspecified atom stereocenters. The zero-order valence-electron chi connectivity index (χ0n) is 19.5. The maximum atomic E-state index is 13.0. The van der Waals surface area contributed by atoms with Gasteiger partial charge < -0.3 is 20.5 Å². The molecule has 0 fully saturated rings. The van der Waals surface area contributed by atoms with E-state index in [4.69, 9.17) is 4.74 Å². The van der Waals surface area contributed by atoms with Gasteiger partial charge in [0.2, 0.25) is 5.91 Å². The molecule has 1 aromatic heterocycles. The van der Waals surface area contributed by atoms with E-state index < -0.39 is 11.9 Å². The number of nitrogens with one attached hydrogen (secondary N) is 2. The van der Waals surface area contributed by atoms with Crippen molar-refractivity contribution >= 4 is 61.9 Å². The van der Waals surface area contributed by atoms with Crippen LogP contribution in [-0.2, 0) is 4.79 Å². The summed E-state index contributed by atoms with van der Waals surface area (Å²) in [5.74, 6) is -1.13. The van der Waals surface area contributed by atoms with Crippen LogP contribution in [0.5, 0.6) is 5.75 Å². The van der Waals surface area contributed by atoms with Crippen LogP contribution in [0.4, 0.5) is 10.8 Å². The fourth-order valence-corrected chi connectivity index (χ4v) is 5.38. The molecule has 0 aliphatic heterocycles. The number of anilines is 2. The normalized spacial score (nSPS) is 11.6. The molecule has 0 aliphatic rings.